The molecule has 0 spiro atoms. The number of rotatable bonds is 1. The molecule has 7 heteroatoms. The molecule has 0 unspecified atom stereocenters. The van der Waals surface area contributed by atoms with Gasteiger partial charge >= 0.3 is 0 Å². The average molecular weight is 263 g/mol. The molecule has 0 N–H and O–H groups in total. The highest BCUT2D eigenvalue weighted by molar-refractivity contribution is 5.64. The van der Waals surface area contributed by atoms with Crippen molar-refractivity contribution in [3.05, 3.63) is 53.4 Å². The number of pyridine rings is 1. The minimum absolute atomic E-state index is 0.490. The van der Waals surface area contributed by atoms with Gasteiger partial charge in [-0.3, -0.25) is 0 Å². The molecule has 0 amide bonds. The summed E-state index contributed by atoms with van der Waals surface area (Å²) in [5.74, 6) is -11.6. The lowest BCUT2D eigenvalue weighted by Gasteiger charge is -2.08. The van der Waals surface area contributed by atoms with Crippen LogP contribution in [0, 0.1) is 35.0 Å². The quantitative estimate of drug-likeness (QED) is 0.331. The van der Waals surface area contributed by atoms with Crippen LogP contribution in [0.25, 0.3) is 11.1 Å². The Morgan fingerprint density at radius 3 is 1.72 bits per heavy atom. The Balaban J connectivity index is 2.80. The molecular weight excluding hydrogens is 260 g/mol. The van der Waals surface area contributed by atoms with Gasteiger partial charge in [0.05, 0.1) is 5.56 Å². The molecule has 0 aliphatic heterocycles. The molecule has 0 aliphatic carbocycles. The molecule has 1 aromatic heterocycles. The van der Waals surface area contributed by atoms with Gasteiger partial charge < -0.3 is 0 Å². The Hall–Kier alpha value is -2.05. The van der Waals surface area contributed by atoms with Crippen LogP contribution in [0.1, 0.15) is 0 Å². The van der Waals surface area contributed by atoms with Crippen molar-refractivity contribution in [2.24, 2.45) is 0 Å². The number of hydrogen-bond acceptors (Lipinski definition) is 1. The maximum absolute atomic E-state index is 13.4. The smallest absolute Gasteiger partial charge is 0.213 e. The van der Waals surface area contributed by atoms with E-state index in [2.05, 4.69) is 4.98 Å². The van der Waals surface area contributed by atoms with E-state index in [1.807, 2.05) is 0 Å². The molecule has 1 heterocycles. The second-order valence-electron chi connectivity index (χ2n) is 3.31. The highest BCUT2D eigenvalue weighted by Crippen LogP contribution is 2.31. The second-order valence-corrected chi connectivity index (χ2v) is 3.31. The van der Waals surface area contributed by atoms with Crippen molar-refractivity contribution in [3.63, 3.8) is 0 Å². The monoisotopic (exact) mass is 263 g/mol. The molecule has 2 rings (SSSR count). The Morgan fingerprint density at radius 1 is 0.722 bits per heavy atom. The first-order chi connectivity index (χ1) is 8.43. The van der Waals surface area contributed by atoms with Gasteiger partial charge in [0.2, 0.25) is 11.8 Å². The van der Waals surface area contributed by atoms with E-state index in [1.165, 1.54) is 0 Å². The van der Waals surface area contributed by atoms with Crippen LogP contribution in [-0.4, -0.2) is 4.98 Å². The zero-order valence-corrected chi connectivity index (χ0v) is 8.45. The van der Waals surface area contributed by atoms with E-state index in [-0.39, 0.29) is 0 Å². The summed E-state index contributed by atoms with van der Waals surface area (Å²) in [5, 5.41) is 0. The van der Waals surface area contributed by atoms with Gasteiger partial charge in [-0.1, -0.05) is 0 Å². The van der Waals surface area contributed by atoms with Crippen LogP contribution in [0.2, 0.25) is 0 Å². The first-order valence-corrected chi connectivity index (χ1v) is 4.57. The largest absolute Gasteiger partial charge is 0.228 e. The molecule has 0 atom stereocenters. The van der Waals surface area contributed by atoms with Crippen LogP contribution in [0.3, 0.4) is 0 Å². The Bertz CT molecular complexity index is 596. The summed E-state index contributed by atoms with van der Waals surface area (Å²) >= 11 is 0. The van der Waals surface area contributed by atoms with E-state index in [1.54, 1.807) is 0 Å². The highest BCUT2D eigenvalue weighted by atomic mass is 19.2. The zero-order valence-electron chi connectivity index (χ0n) is 8.45. The molecule has 0 fully saturated rings. The average Bonchev–Trinajstić information content (AvgIpc) is 2.34. The van der Waals surface area contributed by atoms with Crippen molar-refractivity contribution in [1.29, 1.82) is 0 Å². The fourth-order valence-corrected chi connectivity index (χ4v) is 1.42. The van der Waals surface area contributed by atoms with Crippen LogP contribution in [-0.2, 0) is 0 Å². The summed E-state index contributed by atoms with van der Waals surface area (Å²) in [4.78, 5) is 3.11. The standard InChI is InChI=1S/C11H3F6N/c12-5-3-4(1-2-18-5)6-7(13)9(15)11(17)10(16)8(6)14/h1-3H. The maximum atomic E-state index is 13.4. The molecule has 18 heavy (non-hydrogen) atoms. The third-order valence-electron chi connectivity index (χ3n) is 2.23. The SMILES string of the molecule is Fc1cc(-c2c(F)c(F)c(F)c(F)c2F)ccn1. The number of aromatic nitrogens is 1. The van der Waals surface area contributed by atoms with Crippen molar-refractivity contribution >= 4 is 0 Å². The normalized spacial score (nSPS) is 10.8. The third-order valence-corrected chi connectivity index (χ3v) is 2.23. The predicted octanol–water partition coefficient (Wildman–Crippen LogP) is 3.58. The van der Waals surface area contributed by atoms with Gasteiger partial charge in [-0.15, -0.1) is 0 Å². The van der Waals surface area contributed by atoms with Crippen LogP contribution in [0.15, 0.2) is 18.3 Å². The van der Waals surface area contributed by atoms with E-state index in [0.717, 1.165) is 12.3 Å². The van der Waals surface area contributed by atoms with Crippen molar-refractivity contribution < 1.29 is 26.3 Å². The lowest BCUT2D eigenvalue weighted by molar-refractivity contribution is 0.381. The lowest BCUT2D eigenvalue weighted by Crippen LogP contribution is -2.04. The molecule has 2 aromatic rings. The summed E-state index contributed by atoms with van der Waals surface area (Å²) in [5.41, 5.74) is -1.68. The van der Waals surface area contributed by atoms with Crippen LogP contribution < -0.4 is 0 Å². The summed E-state index contributed by atoms with van der Waals surface area (Å²) in [6.07, 6.45) is 0.850. The fourth-order valence-electron chi connectivity index (χ4n) is 1.42. The van der Waals surface area contributed by atoms with Crippen molar-refractivity contribution in [3.8, 4) is 11.1 Å². The van der Waals surface area contributed by atoms with E-state index in [4.69, 9.17) is 0 Å². The topological polar surface area (TPSA) is 12.9 Å². The third kappa shape index (κ3) is 1.81. The Morgan fingerprint density at radius 2 is 1.22 bits per heavy atom. The molecule has 0 bridgehead atoms. The first kappa shape index (κ1) is 12.4. The Kier molecular flexibility index (Phi) is 2.98. The highest BCUT2D eigenvalue weighted by Gasteiger charge is 2.26. The van der Waals surface area contributed by atoms with Crippen LogP contribution in [0.4, 0.5) is 26.3 Å². The van der Waals surface area contributed by atoms with Crippen molar-refractivity contribution in [1.82, 2.24) is 4.98 Å². The molecule has 0 saturated heterocycles. The van der Waals surface area contributed by atoms with Gasteiger partial charge in [-0.25, -0.2) is 26.9 Å². The predicted molar refractivity (Wildman–Crippen MR) is 49.4 cm³/mol. The van der Waals surface area contributed by atoms with Gasteiger partial charge in [0.15, 0.2) is 23.3 Å². The molecule has 0 saturated carbocycles. The minimum Gasteiger partial charge on any atom is -0.228 e. The van der Waals surface area contributed by atoms with Gasteiger partial charge in [-0.2, -0.15) is 4.39 Å². The van der Waals surface area contributed by atoms with E-state index in [9.17, 15) is 26.3 Å². The van der Waals surface area contributed by atoms with E-state index in [0.29, 0.717) is 6.07 Å². The molecule has 0 aliphatic rings. The van der Waals surface area contributed by atoms with Crippen LogP contribution in [0.5, 0.6) is 0 Å². The number of nitrogens with zero attached hydrogens (tertiary/aromatic N) is 1. The van der Waals surface area contributed by atoms with Gasteiger partial charge in [0.1, 0.15) is 0 Å². The summed E-state index contributed by atoms with van der Waals surface area (Å²) in [6, 6.07) is 1.50. The summed E-state index contributed by atoms with van der Waals surface area (Å²) in [7, 11) is 0. The minimum atomic E-state index is -2.26. The molecule has 1 nitrogen and oxygen atoms in total. The van der Waals surface area contributed by atoms with Crippen LogP contribution >= 0.6 is 0 Å². The fraction of sp³-hybridized carbons (Fsp3) is 0. The van der Waals surface area contributed by atoms with Gasteiger partial charge in [0, 0.05) is 12.3 Å². The number of benzene rings is 1. The second kappa shape index (κ2) is 4.32. The maximum Gasteiger partial charge on any atom is 0.213 e. The Labute approximate surface area is 96.7 Å². The lowest BCUT2D eigenvalue weighted by atomic mass is 10.0. The van der Waals surface area contributed by atoms with Crippen molar-refractivity contribution in [2.45, 2.75) is 0 Å². The summed E-state index contributed by atoms with van der Waals surface area (Å²) < 4.78 is 78.1. The van der Waals surface area contributed by atoms with Crippen molar-refractivity contribution in [2.75, 3.05) is 0 Å². The molecule has 0 radical (unpaired) electrons. The summed E-state index contributed by atoms with van der Waals surface area (Å²) in [6.45, 7) is 0. The molecular formula is C11H3F6N. The molecule has 94 valence electrons. The van der Waals surface area contributed by atoms with Gasteiger partial charge in [-0.05, 0) is 11.6 Å². The zero-order chi connectivity index (χ0) is 13.4. The number of halogens is 6. The van der Waals surface area contributed by atoms with Gasteiger partial charge in [0.25, 0.3) is 0 Å². The number of hydrogen-bond donors (Lipinski definition) is 0. The van der Waals surface area contributed by atoms with E-state index < -0.39 is 46.2 Å². The molecule has 1 aromatic carbocycles. The van der Waals surface area contributed by atoms with E-state index >= 15 is 0 Å². The first-order valence-electron chi connectivity index (χ1n) is 4.57.